The highest BCUT2D eigenvalue weighted by Crippen LogP contribution is 2.29. The molecule has 1 N–H and O–H groups in total. The highest BCUT2D eigenvalue weighted by Gasteiger charge is 2.14. The van der Waals surface area contributed by atoms with Crippen LogP contribution in [-0.4, -0.2) is 24.1 Å². The lowest BCUT2D eigenvalue weighted by molar-refractivity contribution is -0.127. The third-order valence-corrected chi connectivity index (χ3v) is 6.15. The van der Waals surface area contributed by atoms with Crippen molar-refractivity contribution >= 4 is 17.2 Å². The van der Waals surface area contributed by atoms with Crippen LogP contribution in [0.5, 0.6) is 11.5 Å². The van der Waals surface area contributed by atoms with Crippen LogP contribution >= 0.6 is 11.3 Å². The molecule has 1 atom stereocenters. The quantitative estimate of drug-likeness (QED) is 0.358. The summed E-state index contributed by atoms with van der Waals surface area (Å²) in [6.45, 7) is 4.24. The number of methoxy groups -OCH3 is 1. The Morgan fingerprint density at radius 1 is 0.939 bits per heavy atom. The number of nitrogens with one attached hydrogen (secondary N) is 1. The zero-order valence-corrected chi connectivity index (χ0v) is 19.7. The van der Waals surface area contributed by atoms with Gasteiger partial charge in [-0.3, -0.25) is 4.79 Å². The zero-order chi connectivity index (χ0) is 23.2. The highest BCUT2D eigenvalue weighted by atomic mass is 32.1. The summed E-state index contributed by atoms with van der Waals surface area (Å²) >= 11 is 1.63. The second-order valence-electron chi connectivity index (χ2n) is 7.75. The van der Waals surface area contributed by atoms with E-state index in [9.17, 15) is 4.79 Å². The molecule has 0 saturated carbocycles. The van der Waals surface area contributed by atoms with Gasteiger partial charge in [-0.1, -0.05) is 54.1 Å². The number of amides is 1. The van der Waals surface area contributed by atoms with Crippen molar-refractivity contribution in [2.45, 2.75) is 26.5 Å². The lowest BCUT2D eigenvalue weighted by atomic mass is 10.1. The average molecular weight is 459 g/mol. The van der Waals surface area contributed by atoms with Crippen molar-refractivity contribution in [3.63, 3.8) is 0 Å². The van der Waals surface area contributed by atoms with Gasteiger partial charge in [-0.15, -0.1) is 11.3 Å². The molecule has 0 fully saturated rings. The molecule has 168 valence electrons. The van der Waals surface area contributed by atoms with E-state index in [-0.39, 0.29) is 5.91 Å². The highest BCUT2D eigenvalue weighted by molar-refractivity contribution is 7.13. The van der Waals surface area contributed by atoms with Crippen LogP contribution in [0.15, 0.2) is 78.2 Å². The largest absolute Gasteiger partial charge is 0.497 e. The van der Waals surface area contributed by atoms with Gasteiger partial charge in [0.2, 0.25) is 0 Å². The fraction of sp³-hybridized carbons (Fsp3) is 0.185. The van der Waals surface area contributed by atoms with Crippen LogP contribution in [0.4, 0.5) is 0 Å². The predicted octanol–water partition coefficient (Wildman–Crippen LogP) is 5.88. The molecule has 0 saturated heterocycles. The number of thiazole rings is 1. The molecule has 33 heavy (non-hydrogen) atoms. The van der Waals surface area contributed by atoms with Crippen molar-refractivity contribution in [2.24, 2.45) is 0 Å². The summed E-state index contributed by atoms with van der Waals surface area (Å²) in [6.07, 6.45) is -0.604. The van der Waals surface area contributed by atoms with E-state index >= 15 is 0 Å². The SMILES string of the molecule is COc1ccc(OC(C)C(=O)NCc2ccc(-c3nc(-c4ccc(C)cc4)cs3)cc2)cc1. The number of aromatic nitrogens is 1. The minimum Gasteiger partial charge on any atom is -0.497 e. The first-order valence-corrected chi connectivity index (χ1v) is 11.6. The van der Waals surface area contributed by atoms with E-state index in [1.165, 1.54) is 5.56 Å². The fourth-order valence-electron chi connectivity index (χ4n) is 3.27. The number of carbonyl (C=O) groups excluding carboxylic acids is 1. The summed E-state index contributed by atoms with van der Waals surface area (Å²) in [6, 6.07) is 23.7. The summed E-state index contributed by atoms with van der Waals surface area (Å²) < 4.78 is 10.8. The van der Waals surface area contributed by atoms with E-state index in [0.717, 1.165) is 33.1 Å². The molecule has 0 aliphatic carbocycles. The molecular formula is C27H26N2O3S. The number of hydrogen-bond donors (Lipinski definition) is 1. The molecule has 0 aliphatic rings. The first-order valence-electron chi connectivity index (χ1n) is 10.7. The van der Waals surface area contributed by atoms with E-state index < -0.39 is 6.10 Å². The van der Waals surface area contributed by atoms with Crippen LogP contribution in [0, 0.1) is 6.92 Å². The fourth-order valence-corrected chi connectivity index (χ4v) is 4.11. The molecular weight excluding hydrogens is 432 g/mol. The lowest BCUT2D eigenvalue weighted by Gasteiger charge is -2.15. The smallest absolute Gasteiger partial charge is 0.261 e. The average Bonchev–Trinajstić information content (AvgIpc) is 3.34. The van der Waals surface area contributed by atoms with E-state index in [4.69, 9.17) is 14.5 Å². The molecule has 4 aromatic rings. The molecule has 1 aromatic heterocycles. The number of benzene rings is 3. The Hall–Kier alpha value is -3.64. The third kappa shape index (κ3) is 5.79. The Morgan fingerprint density at radius 2 is 1.58 bits per heavy atom. The van der Waals surface area contributed by atoms with Crippen LogP contribution in [-0.2, 0) is 11.3 Å². The molecule has 1 heterocycles. The maximum Gasteiger partial charge on any atom is 0.261 e. The van der Waals surface area contributed by atoms with Crippen LogP contribution in [0.3, 0.4) is 0 Å². The minimum absolute atomic E-state index is 0.169. The maximum absolute atomic E-state index is 12.4. The monoisotopic (exact) mass is 458 g/mol. The minimum atomic E-state index is -0.604. The van der Waals surface area contributed by atoms with Crippen molar-refractivity contribution < 1.29 is 14.3 Å². The second-order valence-corrected chi connectivity index (χ2v) is 8.61. The van der Waals surface area contributed by atoms with Crippen LogP contribution in [0.1, 0.15) is 18.1 Å². The van der Waals surface area contributed by atoms with Crippen LogP contribution in [0.2, 0.25) is 0 Å². The van der Waals surface area contributed by atoms with Crippen LogP contribution in [0.25, 0.3) is 21.8 Å². The molecule has 4 rings (SSSR count). The van der Waals surface area contributed by atoms with Crippen molar-refractivity contribution in [1.29, 1.82) is 0 Å². The third-order valence-electron chi connectivity index (χ3n) is 5.26. The number of aryl methyl sites for hydroxylation is 1. The van der Waals surface area contributed by atoms with Gasteiger partial charge >= 0.3 is 0 Å². The first kappa shape index (κ1) is 22.6. The maximum atomic E-state index is 12.4. The topological polar surface area (TPSA) is 60.5 Å². The zero-order valence-electron chi connectivity index (χ0n) is 18.9. The van der Waals surface area contributed by atoms with Gasteiger partial charge in [0.15, 0.2) is 6.10 Å². The van der Waals surface area contributed by atoms with Crippen molar-refractivity contribution in [3.05, 3.63) is 89.3 Å². The van der Waals surface area contributed by atoms with Gasteiger partial charge in [0.25, 0.3) is 5.91 Å². The van der Waals surface area contributed by atoms with E-state index in [1.54, 1.807) is 49.6 Å². The lowest BCUT2D eigenvalue weighted by Crippen LogP contribution is -2.35. The molecule has 3 aromatic carbocycles. The molecule has 0 aliphatic heterocycles. The second kappa shape index (κ2) is 10.3. The number of hydrogen-bond acceptors (Lipinski definition) is 5. The molecule has 0 spiro atoms. The van der Waals surface area contributed by atoms with Gasteiger partial charge in [0.1, 0.15) is 16.5 Å². The molecule has 0 bridgehead atoms. The molecule has 1 amide bonds. The number of ether oxygens (including phenoxy) is 2. The summed E-state index contributed by atoms with van der Waals surface area (Å²) in [4.78, 5) is 17.2. The Balaban J connectivity index is 1.32. The Morgan fingerprint density at radius 3 is 2.24 bits per heavy atom. The van der Waals surface area contributed by atoms with E-state index in [1.807, 2.05) is 24.3 Å². The van der Waals surface area contributed by atoms with Gasteiger partial charge < -0.3 is 14.8 Å². The Labute approximate surface area is 198 Å². The van der Waals surface area contributed by atoms with Crippen molar-refractivity contribution in [1.82, 2.24) is 10.3 Å². The van der Waals surface area contributed by atoms with E-state index in [0.29, 0.717) is 12.3 Å². The standard InChI is InChI=1S/C27H26N2O3S/c1-18-4-8-21(9-5-18)25-17-33-27(29-25)22-10-6-20(7-11-22)16-28-26(30)19(2)32-24-14-12-23(31-3)13-15-24/h4-15,17,19H,16H2,1-3H3,(H,28,30). The van der Waals surface area contributed by atoms with Gasteiger partial charge in [0.05, 0.1) is 12.8 Å². The number of rotatable bonds is 8. The molecule has 0 radical (unpaired) electrons. The molecule has 6 heteroatoms. The summed E-state index contributed by atoms with van der Waals surface area (Å²) in [5.74, 6) is 1.20. The van der Waals surface area contributed by atoms with E-state index in [2.05, 4.69) is 41.9 Å². The molecule has 5 nitrogen and oxygen atoms in total. The number of nitrogens with zero attached hydrogens (tertiary/aromatic N) is 1. The summed E-state index contributed by atoms with van der Waals surface area (Å²) in [5, 5.41) is 5.99. The normalized spacial score (nSPS) is 11.6. The molecule has 1 unspecified atom stereocenters. The summed E-state index contributed by atoms with van der Waals surface area (Å²) in [7, 11) is 1.61. The van der Waals surface area contributed by atoms with Gasteiger partial charge in [-0.05, 0) is 43.7 Å². The summed E-state index contributed by atoms with van der Waals surface area (Å²) in [5.41, 5.74) is 5.41. The van der Waals surface area contributed by atoms with Gasteiger partial charge in [0, 0.05) is 23.1 Å². The van der Waals surface area contributed by atoms with Crippen molar-refractivity contribution in [2.75, 3.05) is 7.11 Å². The Bertz CT molecular complexity index is 1200. The first-order chi connectivity index (χ1) is 16.0. The Kier molecular flexibility index (Phi) is 7.05. The number of carbonyl (C=O) groups is 1. The van der Waals surface area contributed by atoms with Gasteiger partial charge in [-0.2, -0.15) is 0 Å². The van der Waals surface area contributed by atoms with Crippen molar-refractivity contribution in [3.8, 4) is 33.3 Å². The van der Waals surface area contributed by atoms with Gasteiger partial charge in [-0.25, -0.2) is 4.98 Å². The predicted molar refractivity (Wildman–Crippen MR) is 133 cm³/mol. The van der Waals surface area contributed by atoms with Crippen LogP contribution < -0.4 is 14.8 Å².